The van der Waals surface area contributed by atoms with Crippen LogP contribution in [0.5, 0.6) is 0 Å². The third-order valence-corrected chi connectivity index (χ3v) is 7.16. The molecule has 4 rings (SSSR count). The van der Waals surface area contributed by atoms with Crippen LogP contribution in [0.25, 0.3) is 6.08 Å². The highest BCUT2D eigenvalue weighted by molar-refractivity contribution is 9.10. The maximum Gasteiger partial charge on any atom is 0.272 e. The zero-order chi connectivity index (χ0) is 29.2. The molecule has 0 bridgehead atoms. The summed E-state index contributed by atoms with van der Waals surface area (Å²) in [6, 6.07) is 29.4. The Morgan fingerprint density at radius 1 is 0.805 bits per heavy atom. The molecule has 10 heteroatoms. The number of amides is 4. The van der Waals surface area contributed by atoms with Gasteiger partial charge >= 0.3 is 0 Å². The van der Waals surface area contributed by atoms with E-state index in [0.29, 0.717) is 16.9 Å². The van der Waals surface area contributed by atoms with Crippen molar-refractivity contribution in [1.82, 2.24) is 5.32 Å². The van der Waals surface area contributed by atoms with Gasteiger partial charge in [-0.25, -0.2) is 0 Å². The summed E-state index contributed by atoms with van der Waals surface area (Å²) in [6.45, 7) is 0. The molecule has 0 aliphatic rings. The van der Waals surface area contributed by atoms with Crippen LogP contribution in [-0.2, 0) is 9.59 Å². The van der Waals surface area contributed by atoms with Crippen molar-refractivity contribution in [2.45, 2.75) is 4.90 Å². The van der Waals surface area contributed by atoms with E-state index in [1.54, 1.807) is 84.9 Å². The first-order valence-electron chi connectivity index (χ1n) is 12.3. The van der Waals surface area contributed by atoms with E-state index >= 15 is 0 Å². The number of halogens is 1. The lowest BCUT2D eigenvalue weighted by atomic mass is 10.1. The molecule has 0 heterocycles. The number of benzene rings is 4. The Kier molecular flexibility index (Phi) is 10.1. The van der Waals surface area contributed by atoms with Gasteiger partial charge in [0.15, 0.2) is 0 Å². The average Bonchev–Trinajstić information content (AvgIpc) is 2.97. The highest BCUT2D eigenvalue weighted by Crippen LogP contribution is 2.23. The van der Waals surface area contributed by atoms with Crippen LogP contribution in [0.1, 0.15) is 26.3 Å². The monoisotopic (exact) mass is 628 g/mol. The smallest absolute Gasteiger partial charge is 0.272 e. The minimum atomic E-state index is -0.634. The van der Waals surface area contributed by atoms with E-state index in [-0.39, 0.29) is 22.9 Å². The fraction of sp³-hybridized carbons (Fsp3) is 0.0323. The Balaban J connectivity index is 1.45. The van der Waals surface area contributed by atoms with Gasteiger partial charge in [-0.1, -0.05) is 64.5 Å². The second-order valence-electron chi connectivity index (χ2n) is 8.66. The van der Waals surface area contributed by atoms with Gasteiger partial charge in [-0.2, -0.15) is 0 Å². The van der Waals surface area contributed by atoms with Crippen molar-refractivity contribution in [2.75, 3.05) is 16.4 Å². The largest absolute Gasteiger partial charge is 0.366 e. The number of nitrogens with one attached hydrogen (secondary N) is 3. The summed E-state index contributed by atoms with van der Waals surface area (Å²) in [7, 11) is 0. The van der Waals surface area contributed by atoms with Gasteiger partial charge in [0.2, 0.25) is 5.91 Å². The number of rotatable bonds is 10. The SMILES string of the molecule is NC(=O)c1ccccc1NC(=O)CSc1cccc(NC(=O)/C(=C\c2ccc(Br)cc2)NC(=O)c2ccccc2)c1. The lowest BCUT2D eigenvalue weighted by Gasteiger charge is -2.12. The van der Waals surface area contributed by atoms with E-state index in [4.69, 9.17) is 5.73 Å². The minimum absolute atomic E-state index is 0.0618. The van der Waals surface area contributed by atoms with Gasteiger partial charge < -0.3 is 21.7 Å². The number of hydrogen-bond acceptors (Lipinski definition) is 5. The van der Waals surface area contributed by atoms with Crippen molar-refractivity contribution >= 4 is 68.8 Å². The zero-order valence-electron chi connectivity index (χ0n) is 21.6. The molecule has 0 radical (unpaired) electrons. The van der Waals surface area contributed by atoms with Gasteiger partial charge in [0, 0.05) is 20.6 Å². The van der Waals surface area contributed by atoms with Crippen molar-refractivity contribution in [3.05, 3.63) is 130 Å². The van der Waals surface area contributed by atoms with E-state index in [9.17, 15) is 19.2 Å². The maximum absolute atomic E-state index is 13.3. The van der Waals surface area contributed by atoms with Gasteiger partial charge in [-0.15, -0.1) is 11.8 Å². The first-order chi connectivity index (χ1) is 19.8. The fourth-order valence-corrected chi connectivity index (χ4v) is 4.69. The standard InChI is InChI=1S/C31H25BrN4O4S/c32-22-15-13-20(14-16-22)17-27(36-30(39)21-7-2-1-3-8-21)31(40)34-23-9-6-10-24(18-23)41-19-28(37)35-26-12-5-4-11-25(26)29(33)38/h1-18H,19H2,(H2,33,38)(H,34,40)(H,35,37)(H,36,39)/b27-17+. The molecule has 4 aromatic carbocycles. The van der Waals surface area contributed by atoms with Crippen LogP contribution in [0.2, 0.25) is 0 Å². The van der Waals surface area contributed by atoms with Crippen LogP contribution in [0.4, 0.5) is 11.4 Å². The molecule has 206 valence electrons. The zero-order valence-corrected chi connectivity index (χ0v) is 24.0. The predicted octanol–water partition coefficient (Wildman–Crippen LogP) is 5.69. The van der Waals surface area contributed by atoms with Gasteiger partial charge in [-0.3, -0.25) is 19.2 Å². The summed E-state index contributed by atoms with van der Waals surface area (Å²) >= 11 is 4.65. The Bertz CT molecular complexity index is 1610. The molecule has 4 amide bonds. The second kappa shape index (κ2) is 14.1. The number of carbonyl (C=O) groups excluding carboxylic acids is 4. The maximum atomic E-state index is 13.3. The molecular weight excluding hydrogens is 604 g/mol. The topological polar surface area (TPSA) is 130 Å². The molecule has 0 aliphatic carbocycles. The van der Waals surface area contributed by atoms with Crippen LogP contribution in [0, 0.1) is 0 Å². The van der Waals surface area contributed by atoms with Crippen LogP contribution in [0.15, 0.2) is 118 Å². The molecule has 41 heavy (non-hydrogen) atoms. The fourth-order valence-electron chi connectivity index (χ4n) is 3.67. The molecule has 5 N–H and O–H groups in total. The van der Waals surface area contributed by atoms with Gasteiger partial charge in [0.25, 0.3) is 17.7 Å². The van der Waals surface area contributed by atoms with Crippen molar-refractivity contribution in [2.24, 2.45) is 5.73 Å². The quantitative estimate of drug-likeness (QED) is 0.132. The van der Waals surface area contributed by atoms with Crippen molar-refractivity contribution in [1.29, 1.82) is 0 Å². The molecular formula is C31H25BrN4O4S. The number of para-hydroxylation sites is 1. The van der Waals surface area contributed by atoms with Gasteiger partial charge in [-0.05, 0) is 66.2 Å². The lowest BCUT2D eigenvalue weighted by Crippen LogP contribution is -2.30. The van der Waals surface area contributed by atoms with Gasteiger partial charge in [0.05, 0.1) is 17.0 Å². The van der Waals surface area contributed by atoms with Crippen molar-refractivity contribution in [3.8, 4) is 0 Å². The van der Waals surface area contributed by atoms with E-state index in [1.165, 1.54) is 11.8 Å². The summed E-state index contributed by atoms with van der Waals surface area (Å²) in [5.41, 5.74) is 7.62. The van der Waals surface area contributed by atoms with E-state index < -0.39 is 17.7 Å². The Labute approximate surface area is 249 Å². The Morgan fingerprint density at radius 2 is 1.51 bits per heavy atom. The second-order valence-corrected chi connectivity index (χ2v) is 10.6. The Morgan fingerprint density at radius 3 is 2.24 bits per heavy atom. The number of hydrogen-bond donors (Lipinski definition) is 4. The first-order valence-corrected chi connectivity index (χ1v) is 14.1. The average molecular weight is 630 g/mol. The molecule has 0 aromatic heterocycles. The summed E-state index contributed by atoms with van der Waals surface area (Å²) in [5.74, 6) is -1.82. The van der Waals surface area contributed by atoms with Gasteiger partial charge in [0.1, 0.15) is 5.70 Å². The molecule has 4 aromatic rings. The normalized spacial score (nSPS) is 10.9. The molecule has 8 nitrogen and oxygen atoms in total. The van der Waals surface area contributed by atoms with E-state index in [1.807, 2.05) is 24.3 Å². The number of primary amides is 1. The van der Waals surface area contributed by atoms with Crippen LogP contribution in [-0.4, -0.2) is 29.4 Å². The number of thioether (sulfide) groups is 1. The molecule has 0 saturated carbocycles. The van der Waals surface area contributed by atoms with Crippen LogP contribution < -0.4 is 21.7 Å². The van der Waals surface area contributed by atoms with Crippen LogP contribution in [0.3, 0.4) is 0 Å². The first kappa shape index (κ1) is 29.3. The predicted molar refractivity (Wildman–Crippen MR) is 165 cm³/mol. The van der Waals surface area contributed by atoms with Crippen LogP contribution >= 0.6 is 27.7 Å². The molecule has 0 unspecified atom stereocenters. The highest BCUT2D eigenvalue weighted by atomic mass is 79.9. The molecule has 0 spiro atoms. The van der Waals surface area contributed by atoms with Crippen molar-refractivity contribution in [3.63, 3.8) is 0 Å². The third kappa shape index (κ3) is 8.66. The minimum Gasteiger partial charge on any atom is -0.366 e. The number of anilines is 2. The molecule has 0 saturated heterocycles. The summed E-state index contributed by atoms with van der Waals surface area (Å²) < 4.78 is 0.883. The Hall–Kier alpha value is -4.67. The van der Waals surface area contributed by atoms with Crippen molar-refractivity contribution < 1.29 is 19.2 Å². The number of nitrogens with two attached hydrogens (primary N) is 1. The molecule has 0 fully saturated rings. The summed E-state index contributed by atoms with van der Waals surface area (Å²) in [5, 5.41) is 8.24. The number of carbonyl (C=O) groups is 4. The lowest BCUT2D eigenvalue weighted by molar-refractivity contribution is -0.114. The third-order valence-electron chi connectivity index (χ3n) is 5.64. The summed E-state index contributed by atoms with van der Waals surface area (Å²) in [6.07, 6.45) is 1.59. The van der Waals surface area contributed by atoms with E-state index in [0.717, 1.165) is 14.9 Å². The van der Waals surface area contributed by atoms with E-state index in [2.05, 4.69) is 31.9 Å². The molecule has 0 atom stereocenters. The highest BCUT2D eigenvalue weighted by Gasteiger charge is 2.16. The molecule has 0 aliphatic heterocycles. The summed E-state index contributed by atoms with van der Waals surface area (Å²) in [4.78, 5) is 51.0.